The molecule has 2 aromatic heterocycles. The van der Waals surface area contributed by atoms with Crippen LogP contribution in [0.3, 0.4) is 0 Å². The summed E-state index contributed by atoms with van der Waals surface area (Å²) in [6.45, 7) is 0.770. The zero-order valence-corrected chi connectivity index (χ0v) is 8.44. The number of hydrogen-bond donors (Lipinski definition) is 1. The maximum Gasteiger partial charge on any atom is 0.108 e. The molecule has 0 atom stereocenters. The standard InChI is InChI=1S/C9H11N3OS/c13-7-8-6-12(11-10-8)4-3-9-2-1-5-14-9/h1-2,5-6,13H,3-4,7H2. The normalized spacial score (nSPS) is 10.6. The van der Waals surface area contributed by atoms with Crippen LogP contribution in [0.1, 0.15) is 10.6 Å². The van der Waals surface area contributed by atoms with E-state index in [1.807, 2.05) is 6.07 Å². The van der Waals surface area contributed by atoms with Crippen molar-refractivity contribution in [3.05, 3.63) is 34.3 Å². The van der Waals surface area contributed by atoms with E-state index in [1.54, 1.807) is 22.2 Å². The molecule has 0 bridgehead atoms. The fraction of sp³-hybridized carbons (Fsp3) is 0.333. The minimum Gasteiger partial charge on any atom is -0.390 e. The molecule has 2 rings (SSSR count). The molecule has 0 aliphatic carbocycles. The molecule has 0 radical (unpaired) electrons. The highest BCUT2D eigenvalue weighted by Crippen LogP contribution is 2.09. The first-order chi connectivity index (χ1) is 6.88. The third-order valence-corrected chi connectivity index (χ3v) is 2.85. The Balaban J connectivity index is 1.92. The summed E-state index contributed by atoms with van der Waals surface area (Å²) in [6, 6.07) is 4.15. The van der Waals surface area contributed by atoms with Crippen LogP contribution in [0, 0.1) is 0 Å². The highest BCUT2D eigenvalue weighted by atomic mass is 32.1. The molecule has 0 amide bonds. The fourth-order valence-corrected chi connectivity index (χ4v) is 1.90. The second-order valence-corrected chi connectivity index (χ2v) is 3.99. The van der Waals surface area contributed by atoms with Crippen molar-refractivity contribution in [1.82, 2.24) is 15.0 Å². The maximum absolute atomic E-state index is 8.79. The third-order valence-electron chi connectivity index (χ3n) is 1.92. The van der Waals surface area contributed by atoms with Gasteiger partial charge < -0.3 is 5.11 Å². The molecule has 74 valence electrons. The van der Waals surface area contributed by atoms with E-state index in [2.05, 4.69) is 21.8 Å². The average molecular weight is 209 g/mol. The molecule has 0 aromatic carbocycles. The Labute approximate surface area is 85.8 Å². The Morgan fingerprint density at radius 3 is 3.07 bits per heavy atom. The number of aliphatic hydroxyl groups excluding tert-OH is 1. The van der Waals surface area contributed by atoms with Crippen molar-refractivity contribution in [2.24, 2.45) is 0 Å². The summed E-state index contributed by atoms with van der Waals surface area (Å²) in [5, 5.41) is 18.6. The molecular formula is C9H11N3OS. The molecule has 4 nitrogen and oxygen atoms in total. The fourth-order valence-electron chi connectivity index (χ4n) is 1.20. The Morgan fingerprint density at radius 1 is 1.50 bits per heavy atom. The van der Waals surface area contributed by atoms with Crippen LogP contribution >= 0.6 is 11.3 Å². The van der Waals surface area contributed by atoms with Crippen LogP contribution in [-0.2, 0) is 19.6 Å². The molecule has 2 heterocycles. The lowest BCUT2D eigenvalue weighted by Gasteiger charge is -1.96. The Morgan fingerprint density at radius 2 is 2.43 bits per heavy atom. The van der Waals surface area contributed by atoms with Gasteiger partial charge in [-0.3, -0.25) is 4.68 Å². The van der Waals surface area contributed by atoms with Gasteiger partial charge in [-0.05, 0) is 11.4 Å². The zero-order chi connectivity index (χ0) is 9.80. The van der Waals surface area contributed by atoms with Gasteiger partial charge in [0.15, 0.2) is 0 Å². The van der Waals surface area contributed by atoms with E-state index in [0.717, 1.165) is 13.0 Å². The number of nitrogens with zero attached hydrogens (tertiary/aromatic N) is 3. The minimum absolute atomic E-state index is 0.0427. The predicted molar refractivity (Wildman–Crippen MR) is 54.0 cm³/mol. The van der Waals surface area contributed by atoms with Crippen molar-refractivity contribution in [3.63, 3.8) is 0 Å². The van der Waals surface area contributed by atoms with Gasteiger partial charge in [0.1, 0.15) is 5.69 Å². The maximum atomic E-state index is 8.79. The number of hydrogen-bond acceptors (Lipinski definition) is 4. The second kappa shape index (κ2) is 4.34. The molecule has 0 saturated heterocycles. The van der Waals surface area contributed by atoms with Crippen LogP contribution in [-0.4, -0.2) is 20.1 Å². The lowest BCUT2D eigenvalue weighted by Crippen LogP contribution is -2.00. The van der Waals surface area contributed by atoms with E-state index < -0.39 is 0 Å². The summed E-state index contributed by atoms with van der Waals surface area (Å²) < 4.78 is 1.76. The predicted octanol–water partition coefficient (Wildman–Crippen LogP) is 1.07. The molecule has 14 heavy (non-hydrogen) atoms. The summed E-state index contributed by atoms with van der Waals surface area (Å²) in [5.74, 6) is 0. The van der Waals surface area contributed by atoms with Crippen molar-refractivity contribution in [3.8, 4) is 0 Å². The van der Waals surface area contributed by atoms with Crippen LogP contribution in [0.2, 0.25) is 0 Å². The molecule has 0 saturated carbocycles. The van der Waals surface area contributed by atoms with Crippen LogP contribution in [0.25, 0.3) is 0 Å². The van der Waals surface area contributed by atoms with Gasteiger partial charge in [0.2, 0.25) is 0 Å². The van der Waals surface area contributed by atoms with Gasteiger partial charge in [0, 0.05) is 17.8 Å². The summed E-state index contributed by atoms with van der Waals surface area (Å²) >= 11 is 1.74. The molecule has 0 fully saturated rings. The quantitative estimate of drug-likeness (QED) is 0.819. The first kappa shape index (κ1) is 9.36. The van der Waals surface area contributed by atoms with Gasteiger partial charge in [0.05, 0.1) is 12.8 Å². The van der Waals surface area contributed by atoms with Crippen LogP contribution in [0.5, 0.6) is 0 Å². The minimum atomic E-state index is -0.0427. The van der Waals surface area contributed by atoms with Gasteiger partial charge >= 0.3 is 0 Å². The highest BCUT2D eigenvalue weighted by molar-refractivity contribution is 7.09. The average Bonchev–Trinajstić information content (AvgIpc) is 2.86. The summed E-state index contributed by atoms with van der Waals surface area (Å²) in [7, 11) is 0. The van der Waals surface area contributed by atoms with E-state index in [4.69, 9.17) is 5.11 Å². The van der Waals surface area contributed by atoms with E-state index in [0.29, 0.717) is 5.69 Å². The SMILES string of the molecule is OCc1cn(CCc2cccs2)nn1. The number of rotatable bonds is 4. The smallest absolute Gasteiger partial charge is 0.108 e. The number of aromatic nitrogens is 3. The largest absolute Gasteiger partial charge is 0.390 e. The Kier molecular flexibility index (Phi) is 2.90. The first-order valence-electron chi connectivity index (χ1n) is 4.41. The summed E-state index contributed by atoms with van der Waals surface area (Å²) in [5.41, 5.74) is 0.621. The lowest BCUT2D eigenvalue weighted by molar-refractivity contribution is 0.276. The van der Waals surface area contributed by atoms with Crippen LogP contribution in [0.4, 0.5) is 0 Å². The topological polar surface area (TPSA) is 50.9 Å². The molecule has 5 heteroatoms. The molecular weight excluding hydrogens is 198 g/mol. The molecule has 1 N–H and O–H groups in total. The van der Waals surface area contributed by atoms with Gasteiger partial charge in [-0.15, -0.1) is 16.4 Å². The van der Waals surface area contributed by atoms with E-state index in [9.17, 15) is 0 Å². The Hall–Kier alpha value is -1.20. The molecule has 0 aliphatic rings. The van der Waals surface area contributed by atoms with E-state index >= 15 is 0 Å². The van der Waals surface area contributed by atoms with Crippen molar-refractivity contribution >= 4 is 11.3 Å². The van der Waals surface area contributed by atoms with E-state index in [-0.39, 0.29) is 6.61 Å². The van der Waals surface area contributed by atoms with E-state index in [1.165, 1.54) is 4.88 Å². The molecule has 0 spiro atoms. The van der Waals surface area contributed by atoms with Crippen molar-refractivity contribution in [1.29, 1.82) is 0 Å². The Bertz CT molecular complexity index is 382. The van der Waals surface area contributed by atoms with Crippen molar-refractivity contribution in [2.45, 2.75) is 19.6 Å². The van der Waals surface area contributed by atoms with Gasteiger partial charge in [0.25, 0.3) is 0 Å². The molecule has 0 aliphatic heterocycles. The van der Waals surface area contributed by atoms with Gasteiger partial charge in [-0.2, -0.15) is 0 Å². The van der Waals surface area contributed by atoms with Crippen LogP contribution < -0.4 is 0 Å². The lowest BCUT2D eigenvalue weighted by atomic mass is 10.3. The third kappa shape index (κ3) is 2.18. The first-order valence-corrected chi connectivity index (χ1v) is 5.28. The highest BCUT2D eigenvalue weighted by Gasteiger charge is 1.99. The monoisotopic (exact) mass is 209 g/mol. The number of aryl methyl sites for hydroxylation is 2. The zero-order valence-electron chi connectivity index (χ0n) is 7.63. The van der Waals surface area contributed by atoms with Crippen molar-refractivity contribution in [2.75, 3.05) is 0 Å². The summed E-state index contributed by atoms with van der Waals surface area (Å²) in [6.07, 6.45) is 2.74. The molecule has 0 unspecified atom stereocenters. The van der Waals surface area contributed by atoms with Gasteiger partial charge in [-0.1, -0.05) is 11.3 Å². The second-order valence-electron chi connectivity index (χ2n) is 2.96. The summed E-state index contributed by atoms with van der Waals surface area (Å²) in [4.78, 5) is 1.34. The van der Waals surface area contributed by atoms with Gasteiger partial charge in [-0.25, -0.2) is 0 Å². The number of thiophene rings is 1. The van der Waals surface area contributed by atoms with Crippen LogP contribution in [0.15, 0.2) is 23.7 Å². The molecule has 2 aromatic rings. The number of aliphatic hydroxyl groups is 1. The van der Waals surface area contributed by atoms with Crippen molar-refractivity contribution < 1.29 is 5.11 Å².